The van der Waals surface area contributed by atoms with Crippen LogP contribution in [-0.2, 0) is 20.6 Å². The lowest BCUT2D eigenvalue weighted by atomic mass is 9.96. The molecular weight excluding hydrogens is 775 g/mol. The van der Waals surface area contributed by atoms with Gasteiger partial charge in [-0.3, -0.25) is 33.1 Å². The number of nitrogens with zero attached hydrogens (tertiary/aromatic N) is 12. The smallest absolute Gasteiger partial charge is 0.332 e. The number of piperidine rings is 1. The number of benzene rings is 1. The van der Waals surface area contributed by atoms with Crippen molar-refractivity contribution in [2.75, 3.05) is 81.8 Å². The summed E-state index contributed by atoms with van der Waals surface area (Å²) in [6, 6.07) is 5.89. The van der Waals surface area contributed by atoms with Crippen LogP contribution in [0.2, 0.25) is 0 Å². The molecule has 17 heteroatoms. The summed E-state index contributed by atoms with van der Waals surface area (Å²) in [6.45, 7) is 29.7. The fourth-order valence-electron chi connectivity index (χ4n) is 9.34. The molecule has 1 atom stereocenters. The number of aromatic nitrogens is 6. The van der Waals surface area contributed by atoms with Crippen LogP contribution in [0.4, 0.5) is 11.6 Å². The summed E-state index contributed by atoms with van der Waals surface area (Å²) < 4.78 is 10.1. The average molecular weight is 832 g/mol. The van der Waals surface area contributed by atoms with E-state index in [0.29, 0.717) is 59.6 Å². The highest BCUT2D eigenvalue weighted by atomic mass is 16.4. The van der Waals surface area contributed by atoms with Crippen molar-refractivity contribution in [2.24, 2.45) is 20.0 Å². The highest BCUT2D eigenvalue weighted by Gasteiger charge is 2.37. The summed E-state index contributed by atoms with van der Waals surface area (Å²) in [5.74, 6) is 2.69. The molecule has 1 unspecified atom stereocenters. The number of hydrogen-bond acceptors (Lipinski definition) is 13. The molecule has 322 valence electrons. The minimum atomic E-state index is -0.449. The van der Waals surface area contributed by atoms with Crippen molar-refractivity contribution in [3.05, 3.63) is 100 Å². The molecule has 7 heterocycles. The first kappa shape index (κ1) is 41.5. The van der Waals surface area contributed by atoms with Crippen LogP contribution >= 0.6 is 0 Å². The van der Waals surface area contributed by atoms with Crippen LogP contribution in [0.15, 0.2) is 70.4 Å². The Balaban J connectivity index is 0.843. The normalized spacial score (nSPS) is 18.3. The van der Waals surface area contributed by atoms with Crippen LogP contribution < -0.4 is 21.0 Å². The number of imidazole rings is 1. The molecule has 1 N–H and O–H groups in total. The van der Waals surface area contributed by atoms with E-state index in [1.165, 1.54) is 17.7 Å². The fourth-order valence-corrected chi connectivity index (χ4v) is 9.34. The van der Waals surface area contributed by atoms with Gasteiger partial charge in [0, 0.05) is 114 Å². The van der Waals surface area contributed by atoms with E-state index < -0.39 is 11.2 Å². The molecule has 4 aliphatic rings. The van der Waals surface area contributed by atoms with Crippen LogP contribution in [0.25, 0.3) is 22.4 Å². The Hall–Kier alpha value is -6.23. The highest BCUT2D eigenvalue weighted by Crippen LogP contribution is 2.37. The number of piperazine rings is 2. The topological polar surface area (TPSA) is 161 Å². The summed E-state index contributed by atoms with van der Waals surface area (Å²) in [7, 11) is 3.08. The third-order valence-electron chi connectivity index (χ3n) is 13.0. The maximum absolute atomic E-state index is 13.5. The first-order valence-electron chi connectivity index (χ1n) is 21.2. The first-order chi connectivity index (χ1) is 29.3. The first-order valence-corrected chi connectivity index (χ1v) is 21.2. The Morgan fingerprint density at radius 1 is 0.918 bits per heavy atom. The predicted molar refractivity (Wildman–Crippen MR) is 238 cm³/mol. The molecule has 3 aromatic heterocycles. The zero-order valence-corrected chi connectivity index (χ0v) is 35.9. The van der Waals surface area contributed by atoms with Gasteiger partial charge in [0.2, 0.25) is 17.7 Å². The Kier molecular flexibility index (Phi) is 11.3. The van der Waals surface area contributed by atoms with Gasteiger partial charge in [-0.05, 0) is 44.2 Å². The Morgan fingerprint density at radius 3 is 2.25 bits per heavy atom. The number of amides is 1. The molecule has 0 saturated carbocycles. The van der Waals surface area contributed by atoms with Crippen molar-refractivity contribution in [3.63, 3.8) is 0 Å². The number of carbonyl (C=O) groups is 1. The van der Waals surface area contributed by atoms with Crippen LogP contribution in [0, 0.1) is 11.3 Å². The van der Waals surface area contributed by atoms with Gasteiger partial charge in [-0.2, -0.15) is 4.98 Å². The van der Waals surface area contributed by atoms with E-state index in [1.807, 2.05) is 19.1 Å². The second-order valence-corrected chi connectivity index (χ2v) is 16.7. The number of likely N-dealkylation sites (tertiary alicyclic amines) is 1. The maximum Gasteiger partial charge on any atom is 0.332 e. The van der Waals surface area contributed by atoms with Gasteiger partial charge < -0.3 is 29.4 Å². The van der Waals surface area contributed by atoms with Crippen molar-refractivity contribution < 1.29 is 9.21 Å². The van der Waals surface area contributed by atoms with Gasteiger partial charge >= 0.3 is 5.69 Å². The molecule has 0 bridgehead atoms. The summed E-state index contributed by atoms with van der Waals surface area (Å²) in [5.41, 5.74) is 3.97. The highest BCUT2D eigenvalue weighted by molar-refractivity contribution is 6.11. The van der Waals surface area contributed by atoms with Gasteiger partial charge in [0.15, 0.2) is 11.2 Å². The molecule has 3 saturated heterocycles. The van der Waals surface area contributed by atoms with E-state index in [1.54, 1.807) is 23.4 Å². The lowest BCUT2D eigenvalue weighted by molar-refractivity contribution is 0.0830. The molecule has 17 nitrogen and oxygen atoms in total. The number of fused-ring (bicyclic) bond motifs is 2. The van der Waals surface area contributed by atoms with Crippen molar-refractivity contribution in [1.82, 2.24) is 48.5 Å². The molecule has 4 aliphatic heterocycles. The van der Waals surface area contributed by atoms with Crippen LogP contribution in [0.1, 0.15) is 60.8 Å². The second-order valence-electron chi connectivity index (χ2n) is 16.7. The van der Waals surface area contributed by atoms with E-state index in [0.717, 1.165) is 93.4 Å². The number of rotatable bonds is 13. The zero-order valence-electron chi connectivity index (χ0n) is 35.9. The van der Waals surface area contributed by atoms with Crippen LogP contribution in [0.5, 0.6) is 0 Å². The Bertz CT molecular complexity index is 2540. The molecule has 61 heavy (non-hydrogen) atoms. The summed E-state index contributed by atoms with van der Waals surface area (Å²) >= 11 is 0. The molecule has 0 spiro atoms. The van der Waals surface area contributed by atoms with Crippen molar-refractivity contribution in [2.45, 2.75) is 45.7 Å². The van der Waals surface area contributed by atoms with Gasteiger partial charge in [-0.15, -0.1) is 10.2 Å². The lowest BCUT2D eigenvalue weighted by Gasteiger charge is -2.44. The number of nitrogens with one attached hydrogen (secondary N) is 1. The minimum absolute atomic E-state index is 0.0553. The fraction of sp³-hybridized carbons (Fsp3) is 0.477. The van der Waals surface area contributed by atoms with E-state index in [4.69, 9.17) is 14.8 Å². The molecular formula is C44H57N13O4. The van der Waals surface area contributed by atoms with Gasteiger partial charge in [0.25, 0.3) is 11.5 Å². The number of anilines is 2. The molecule has 3 fully saturated rings. The standard InChI is InChI=1S/C44H57N13O4/c1-9-28(3)40-48-47-37(61-40)27-56-38-39(49(7)44(60)50(8)42(38)59)46-43(56)55-23-21-53(22-24-55)31(6)52-15-13-32(14-16-52)26-51-17-19-54(20-18-51)33-11-12-34-30(5)57(36(10-2)29(4)45)41(58)35(34)25-33/h9,11-12,25,32,36,45H,1,3,5-6,10,13-24,26-27H2,2,4,7-8H3. The van der Waals surface area contributed by atoms with Gasteiger partial charge in [-0.25, -0.2) is 4.79 Å². The monoisotopic (exact) mass is 831 g/mol. The molecule has 4 aromatic rings. The van der Waals surface area contributed by atoms with E-state index in [2.05, 4.69) is 67.1 Å². The number of carbonyl (C=O) groups excluding carboxylic acids is 1. The number of aryl methyl sites for hydroxylation is 1. The molecule has 0 aliphatic carbocycles. The predicted octanol–water partition coefficient (Wildman–Crippen LogP) is 3.44. The number of hydrogen-bond donors (Lipinski definition) is 1. The summed E-state index contributed by atoms with van der Waals surface area (Å²) in [4.78, 5) is 58.3. The van der Waals surface area contributed by atoms with E-state index in [-0.39, 0.29) is 35.8 Å². The van der Waals surface area contributed by atoms with E-state index in [9.17, 15) is 14.4 Å². The largest absolute Gasteiger partial charge is 0.419 e. The SMILES string of the molecule is C=CC(=C)c1nnc(Cn2c(N3CCN(C(=C)N4CCC(CN5CCN(c6ccc7c(c6)C(=O)N(C(CC)C(C)=N)C7=C)CC5)CC4)CC3)nc3c2c(=O)n(C)c(=O)n3C)o1. The molecule has 8 rings (SSSR count). The maximum atomic E-state index is 13.5. The van der Waals surface area contributed by atoms with Gasteiger partial charge in [-0.1, -0.05) is 45.4 Å². The van der Waals surface area contributed by atoms with Crippen LogP contribution in [0.3, 0.4) is 0 Å². The quantitative estimate of drug-likeness (QED) is 0.155. The van der Waals surface area contributed by atoms with Gasteiger partial charge in [0.05, 0.1) is 17.4 Å². The van der Waals surface area contributed by atoms with Crippen molar-refractivity contribution in [1.29, 1.82) is 5.41 Å². The zero-order chi connectivity index (χ0) is 43.3. The Labute approximate surface area is 355 Å². The minimum Gasteiger partial charge on any atom is -0.419 e. The van der Waals surface area contributed by atoms with Crippen LogP contribution in [-0.4, -0.2) is 138 Å². The van der Waals surface area contributed by atoms with Gasteiger partial charge in [0.1, 0.15) is 6.54 Å². The molecule has 1 aromatic carbocycles. The van der Waals surface area contributed by atoms with Crippen molar-refractivity contribution >= 4 is 45.7 Å². The average Bonchev–Trinajstić information content (AvgIpc) is 3.97. The summed E-state index contributed by atoms with van der Waals surface area (Å²) in [5, 5.41) is 16.5. The van der Waals surface area contributed by atoms with Crippen molar-refractivity contribution in [3.8, 4) is 0 Å². The third kappa shape index (κ3) is 7.59. The lowest BCUT2D eigenvalue weighted by Crippen LogP contribution is -2.51. The second kappa shape index (κ2) is 16.7. The number of allylic oxidation sites excluding steroid dienone is 2. The molecule has 1 amide bonds. The summed E-state index contributed by atoms with van der Waals surface area (Å²) in [6.07, 6.45) is 4.43. The Morgan fingerprint density at radius 2 is 1.59 bits per heavy atom. The van der Waals surface area contributed by atoms with E-state index >= 15 is 0 Å². The third-order valence-corrected chi connectivity index (χ3v) is 13.0. The molecule has 0 radical (unpaired) electrons.